The Bertz CT molecular complexity index is 570. The first-order chi connectivity index (χ1) is 9.60. The summed E-state index contributed by atoms with van der Waals surface area (Å²) in [4.78, 5) is 4.15. The highest BCUT2D eigenvalue weighted by molar-refractivity contribution is 5.30. The van der Waals surface area contributed by atoms with Crippen LogP contribution in [0.3, 0.4) is 0 Å². The van der Waals surface area contributed by atoms with E-state index in [-0.39, 0.29) is 11.9 Å². The molecule has 0 bridgehead atoms. The van der Waals surface area contributed by atoms with E-state index in [0.717, 1.165) is 5.82 Å². The van der Waals surface area contributed by atoms with Crippen molar-refractivity contribution >= 4 is 0 Å². The summed E-state index contributed by atoms with van der Waals surface area (Å²) < 4.78 is 20.6. The molecule has 0 aliphatic rings. The molecule has 0 radical (unpaired) electrons. The predicted molar refractivity (Wildman–Crippen MR) is 74.1 cm³/mol. The van der Waals surface area contributed by atoms with Crippen LogP contribution in [0.4, 0.5) is 4.39 Å². The molecule has 0 spiro atoms. The zero-order valence-corrected chi connectivity index (χ0v) is 11.9. The molecule has 6 heteroatoms. The minimum atomic E-state index is -0.264. The molecule has 20 heavy (non-hydrogen) atoms. The van der Waals surface area contributed by atoms with Crippen molar-refractivity contribution in [2.45, 2.75) is 19.4 Å². The van der Waals surface area contributed by atoms with Crippen LogP contribution in [0.25, 0.3) is 0 Å². The summed E-state index contributed by atoms with van der Waals surface area (Å²) in [6.07, 6.45) is 2.38. The van der Waals surface area contributed by atoms with Crippen molar-refractivity contribution < 1.29 is 9.13 Å². The van der Waals surface area contributed by atoms with Gasteiger partial charge in [-0.1, -0.05) is 6.07 Å². The van der Waals surface area contributed by atoms with Crippen molar-refractivity contribution in [1.29, 1.82) is 0 Å². The van der Waals surface area contributed by atoms with E-state index in [9.17, 15) is 4.39 Å². The van der Waals surface area contributed by atoms with Crippen LogP contribution in [-0.2, 0) is 13.5 Å². The zero-order chi connectivity index (χ0) is 14.5. The van der Waals surface area contributed by atoms with E-state index in [4.69, 9.17) is 4.74 Å². The maximum Gasteiger partial charge on any atom is 0.151 e. The maximum absolute atomic E-state index is 13.9. The summed E-state index contributed by atoms with van der Waals surface area (Å²) in [5.74, 6) is 1.04. The molecule has 0 aliphatic heterocycles. The standard InChI is InChI=1S/C14H19FN4O/c1-10(12-5-4-11(20-3)8-13(12)15)16-7-6-14-17-9-19(2)18-14/h4-5,8-10,16H,6-7H2,1-3H3. The van der Waals surface area contributed by atoms with E-state index in [1.54, 1.807) is 23.1 Å². The van der Waals surface area contributed by atoms with Crippen LogP contribution >= 0.6 is 0 Å². The second kappa shape index (κ2) is 6.47. The van der Waals surface area contributed by atoms with E-state index in [0.29, 0.717) is 24.3 Å². The van der Waals surface area contributed by atoms with Crippen LogP contribution in [0.2, 0.25) is 0 Å². The second-order valence-electron chi connectivity index (χ2n) is 4.65. The third kappa shape index (κ3) is 3.54. The van der Waals surface area contributed by atoms with Crippen molar-refractivity contribution in [3.63, 3.8) is 0 Å². The molecule has 1 atom stereocenters. The zero-order valence-electron chi connectivity index (χ0n) is 11.9. The van der Waals surface area contributed by atoms with Gasteiger partial charge in [0.25, 0.3) is 0 Å². The Balaban J connectivity index is 1.89. The Morgan fingerprint density at radius 2 is 2.25 bits per heavy atom. The molecular formula is C14H19FN4O. The van der Waals surface area contributed by atoms with Crippen molar-refractivity contribution in [2.24, 2.45) is 7.05 Å². The predicted octanol–water partition coefficient (Wildman–Crippen LogP) is 1.86. The summed E-state index contributed by atoms with van der Waals surface area (Å²) in [5.41, 5.74) is 0.625. The van der Waals surface area contributed by atoms with E-state index in [2.05, 4.69) is 15.4 Å². The van der Waals surface area contributed by atoms with Gasteiger partial charge < -0.3 is 10.1 Å². The average Bonchev–Trinajstić information content (AvgIpc) is 2.84. The van der Waals surface area contributed by atoms with Crippen LogP contribution in [0.5, 0.6) is 5.75 Å². The van der Waals surface area contributed by atoms with Crippen molar-refractivity contribution in [1.82, 2.24) is 20.1 Å². The summed E-state index contributed by atoms with van der Waals surface area (Å²) >= 11 is 0. The first-order valence-electron chi connectivity index (χ1n) is 6.51. The number of methoxy groups -OCH3 is 1. The number of nitrogens with zero attached hydrogens (tertiary/aromatic N) is 3. The van der Waals surface area contributed by atoms with Gasteiger partial charge in [-0.25, -0.2) is 9.37 Å². The van der Waals surface area contributed by atoms with Gasteiger partial charge in [-0.2, -0.15) is 5.10 Å². The molecule has 5 nitrogen and oxygen atoms in total. The lowest BCUT2D eigenvalue weighted by Gasteiger charge is -2.15. The third-order valence-electron chi connectivity index (χ3n) is 3.12. The van der Waals surface area contributed by atoms with Gasteiger partial charge >= 0.3 is 0 Å². The van der Waals surface area contributed by atoms with E-state index in [1.807, 2.05) is 14.0 Å². The highest BCUT2D eigenvalue weighted by Crippen LogP contribution is 2.21. The number of ether oxygens (including phenoxy) is 1. The fourth-order valence-corrected chi connectivity index (χ4v) is 1.99. The van der Waals surface area contributed by atoms with Gasteiger partial charge in [0.05, 0.1) is 7.11 Å². The average molecular weight is 278 g/mol. The normalized spacial score (nSPS) is 12.4. The van der Waals surface area contributed by atoms with Gasteiger partial charge in [0.1, 0.15) is 17.9 Å². The topological polar surface area (TPSA) is 52.0 Å². The molecule has 2 aromatic rings. The molecule has 2 rings (SSSR count). The number of benzene rings is 1. The van der Waals surface area contributed by atoms with Crippen LogP contribution in [-0.4, -0.2) is 28.4 Å². The molecule has 0 fully saturated rings. The summed E-state index contributed by atoms with van der Waals surface area (Å²) in [6, 6.07) is 4.82. The Morgan fingerprint density at radius 1 is 1.45 bits per heavy atom. The molecule has 1 N–H and O–H groups in total. The Kier molecular flexibility index (Phi) is 4.68. The van der Waals surface area contributed by atoms with Crippen molar-refractivity contribution in [2.75, 3.05) is 13.7 Å². The van der Waals surface area contributed by atoms with Crippen molar-refractivity contribution in [3.05, 3.63) is 41.7 Å². The van der Waals surface area contributed by atoms with Crippen LogP contribution in [0, 0.1) is 5.82 Å². The molecule has 0 saturated carbocycles. The van der Waals surface area contributed by atoms with Gasteiger partial charge in [0.2, 0.25) is 0 Å². The number of hydrogen-bond donors (Lipinski definition) is 1. The number of aromatic nitrogens is 3. The molecule has 0 aliphatic carbocycles. The lowest BCUT2D eigenvalue weighted by atomic mass is 10.1. The number of hydrogen-bond acceptors (Lipinski definition) is 4. The third-order valence-corrected chi connectivity index (χ3v) is 3.12. The quantitative estimate of drug-likeness (QED) is 0.876. The molecule has 1 aromatic heterocycles. The number of halogens is 1. The molecule has 1 unspecified atom stereocenters. The smallest absolute Gasteiger partial charge is 0.151 e. The SMILES string of the molecule is COc1ccc(C(C)NCCc2ncn(C)n2)c(F)c1. The van der Waals surface area contributed by atoms with Crippen LogP contribution in [0.1, 0.15) is 24.4 Å². The highest BCUT2D eigenvalue weighted by Gasteiger charge is 2.11. The first-order valence-corrected chi connectivity index (χ1v) is 6.51. The van der Waals surface area contributed by atoms with Gasteiger partial charge in [0.15, 0.2) is 5.82 Å². The van der Waals surface area contributed by atoms with E-state index >= 15 is 0 Å². The summed E-state index contributed by atoms with van der Waals surface area (Å²) in [7, 11) is 3.36. The lowest BCUT2D eigenvalue weighted by Crippen LogP contribution is -2.22. The Hall–Kier alpha value is -1.95. The Labute approximate surface area is 117 Å². The molecule has 108 valence electrons. The minimum Gasteiger partial charge on any atom is -0.497 e. The molecule has 1 heterocycles. The second-order valence-corrected chi connectivity index (χ2v) is 4.65. The van der Waals surface area contributed by atoms with Gasteiger partial charge in [-0.15, -0.1) is 0 Å². The first kappa shape index (κ1) is 14.5. The Morgan fingerprint density at radius 3 is 2.85 bits per heavy atom. The monoisotopic (exact) mass is 278 g/mol. The highest BCUT2D eigenvalue weighted by atomic mass is 19.1. The lowest BCUT2D eigenvalue weighted by molar-refractivity contribution is 0.409. The van der Waals surface area contributed by atoms with Crippen LogP contribution < -0.4 is 10.1 Å². The molecule has 0 amide bonds. The molecular weight excluding hydrogens is 259 g/mol. The van der Waals surface area contributed by atoms with Crippen LogP contribution in [0.15, 0.2) is 24.5 Å². The minimum absolute atomic E-state index is 0.0791. The van der Waals surface area contributed by atoms with Crippen molar-refractivity contribution in [3.8, 4) is 5.75 Å². The van der Waals surface area contributed by atoms with Gasteiger partial charge in [-0.05, 0) is 13.0 Å². The number of rotatable bonds is 6. The van der Waals surface area contributed by atoms with E-state index in [1.165, 1.54) is 13.2 Å². The van der Waals surface area contributed by atoms with E-state index < -0.39 is 0 Å². The molecule has 1 aromatic carbocycles. The van der Waals surface area contributed by atoms with Gasteiger partial charge in [-0.3, -0.25) is 4.68 Å². The largest absolute Gasteiger partial charge is 0.497 e. The molecule has 0 saturated heterocycles. The van der Waals surface area contributed by atoms with Gasteiger partial charge in [0, 0.05) is 37.7 Å². The summed E-state index contributed by atoms with van der Waals surface area (Å²) in [5, 5.41) is 7.46. The summed E-state index contributed by atoms with van der Waals surface area (Å²) in [6.45, 7) is 2.62. The fraction of sp³-hybridized carbons (Fsp3) is 0.429. The fourth-order valence-electron chi connectivity index (χ4n) is 1.99. The number of aryl methyl sites for hydroxylation is 1. The maximum atomic E-state index is 13.9. The number of nitrogens with one attached hydrogen (secondary N) is 1.